The molecule has 0 aliphatic rings. The second kappa shape index (κ2) is 4.65. The Hall–Kier alpha value is -0.130. The molecule has 0 saturated heterocycles. The molecule has 0 unspecified atom stereocenters. The Labute approximate surface area is 61.4 Å². The summed E-state index contributed by atoms with van der Waals surface area (Å²) in [6, 6.07) is 0. The molecule has 0 aliphatic carbocycles. The van der Waals surface area contributed by atoms with Crippen LogP contribution in [0.5, 0.6) is 0 Å². The zero-order valence-corrected chi connectivity index (χ0v) is 6.82. The summed E-state index contributed by atoms with van der Waals surface area (Å²) in [7, 11) is -3.74. The van der Waals surface area contributed by atoms with Crippen LogP contribution in [0.1, 0.15) is 13.3 Å². The fourth-order valence-corrected chi connectivity index (χ4v) is 1.07. The Balaban J connectivity index is 3.21. The quantitative estimate of drug-likeness (QED) is 0.442. The first-order valence-electron chi connectivity index (χ1n) is 3.22. The van der Waals surface area contributed by atoms with Gasteiger partial charge in [0.05, 0.1) is 5.75 Å². The number of hydrogen-bond acceptors (Lipinski definition) is 3. The van der Waals surface area contributed by atoms with Gasteiger partial charge in [-0.15, -0.1) is 0 Å². The summed E-state index contributed by atoms with van der Waals surface area (Å²) in [5.41, 5.74) is 0. The van der Waals surface area contributed by atoms with E-state index in [1.54, 1.807) is 0 Å². The molecule has 4 nitrogen and oxygen atoms in total. The number of hydrogen-bond donors (Lipinski definition) is 2. The third kappa shape index (κ3) is 7.87. The minimum absolute atomic E-state index is 0.153. The summed E-state index contributed by atoms with van der Waals surface area (Å²) in [6.45, 7) is 3.40. The van der Waals surface area contributed by atoms with Crippen molar-refractivity contribution in [1.82, 2.24) is 5.32 Å². The minimum Gasteiger partial charge on any atom is -0.317 e. The van der Waals surface area contributed by atoms with E-state index >= 15 is 0 Å². The fourth-order valence-electron chi connectivity index (χ4n) is 0.556. The van der Waals surface area contributed by atoms with E-state index in [0.29, 0.717) is 13.0 Å². The Kier molecular flexibility index (Phi) is 4.59. The zero-order chi connectivity index (χ0) is 8.04. The fraction of sp³-hybridized carbons (Fsp3) is 1.00. The molecule has 0 radical (unpaired) electrons. The molecular weight excluding hydrogens is 154 g/mol. The molecule has 10 heavy (non-hydrogen) atoms. The summed E-state index contributed by atoms with van der Waals surface area (Å²) in [4.78, 5) is 0. The highest BCUT2D eigenvalue weighted by molar-refractivity contribution is 7.85. The van der Waals surface area contributed by atoms with Crippen LogP contribution in [-0.4, -0.2) is 31.8 Å². The molecule has 0 fully saturated rings. The normalized spacial score (nSPS) is 11.8. The van der Waals surface area contributed by atoms with Crippen molar-refractivity contribution in [2.24, 2.45) is 0 Å². The maximum Gasteiger partial charge on any atom is 0.264 e. The largest absolute Gasteiger partial charge is 0.317 e. The lowest BCUT2D eigenvalue weighted by Gasteiger charge is -1.97. The van der Waals surface area contributed by atoms with Gasteiger partial charge < -0.3 is 5.32 Å². The zero-order valence-electron chi connectivity index (χ0n) is 6.00. The lowest BCUT2D eigenvalue weighted by atomic mass is 10.5. The van der Waals surface area contributed by atoms with Crippen molar-refractivity contribution in [1.29, 1.82) is 0 Å². The predicted molar refractivity (Wildman–Crippen MR) is 39.6 cm³/mol. The van der Waals surface area contributed by atoms with Gasteiger partial charge in [0.15, 0.2) is 0 Å². The topological polar surface area (TPSA) is 66.4 Å². The summed E-state index contributed by atoms with van der Waals surface area (Å²) in [5.74, 6) is -0.153. The SMILES string of the molecule is CCNCCCS(=O)(=O)O. The third-order valence-corrected chi connectivity index (χ3v) is 1.81. The number of rotatable bonds is 5. The van der Waals surface area contributed by atoms with Crippen LogP contribution in [0.4, 0.5) is 0 Å². The Morgan fingerprint density at radius 2 is 2.10 bits per heavy atom. The van der Waals surface area contributed by atoms with Crippen molar-refractivity contribution < 1.29 is 13.0 Å². The maximum absolute atomic E-state index is 10.1. The van der Waals surface area contributed by atoms with E-state index in [1.807, 2.05) is 6.92 Å². The predicted octanol–water partition coefficient (Wildman–Crippen LogP) is -0.126. The number of nitrogens with one attached hydrogen (secondary N) is 1. The van der Waals surface area contributed by atoms with E-state index in [4.69, 9.17) is 4.55 Å². The van der Waals surface area contributed by atoms with Crippen molar-refractivity contribution in [3.05, 3.63) is 0 Å². The van der Waals surface area contributed by atoms with E-state index in [1.165, 1.54) is 0 Å². The summed E-state index contributed by atoms with van der Waals surface area (Å²) >= 11 is 0. The molecule has 2 N–H and O–H groups in total. The van der Waals surface area contributed by atoms with Crippen molar-refractivity contribution in [2.45, 2.75) is 13.3 Å². The van der Waals surface area contributed by atoms with Crippen molar-refractivity contribution >= 4 is 10.1 Å². The molecule has 0 aliphatic heterocycles. The molecule has 5 heteroatoms. The van der Waals surface area contributed by atoms with Gasteiger partial charge in [-0.25, -0.2) is 0 Å². The van der Waals surface area contributed by atoms with Crippen LogP contribution in [0.3, 0.4) is 0 Å². The first-order chi connectivity index (χ1) is 4.56. The molecule has 0 bridgehead atoms. The van der Waals surface area contributed by atoms with Gasteiger partial charge in [0.2, 0.25) is 0 Å². The molecule has 0 rings (SSSR count). The van der Waals surface area contributed by atoms with Crippen molar-refractivity contribution in [3.8, 4) is 0 Å². The van der Waals surface area contributed by atoms with Gasteiger partial charge in [0.1, 0.15) is 0 Å². The van der Waals surface area contributed by atoms with Crippen LogP contribution >= 0.6 is 0 Å². The average molecular weight is 167 g/mol. The van der Waals surface area contributed by atoms with Gasteiger partial charge in [-0.1, -0.05) is 6.92 Å². The Morgan fingerprint density at radius 1 is 1.50 bits per heavy atom. The van der Waals surface area contributed by atoms with E-state index in [2.05, 4.69) is 5.32 Å². The van der Waals surface area contributed by atoms with Gasteiger partial charge in [0.25, 0.3) is 10.1 Å². The molecule has 0 aromatic carbocycles. The van der Waals surface area contributed by atoms with E-state index in [9.17, 15) is 8.42 Å². The van der Waals surface area contributed by atoms with Gasteiger partial charge in [-0.05, 0) is 19.5 Å². The van der Waals surface area contributed by atoms with Crippen LogP contribution in [0.25, 0.3) is 0 Å². The lowest BCUT2D eigenvalue weighted by Crippen LogP contribution is -2.17. The Bertz CT molecular complexity index is 164. The van der Waals surface area contributed by atoms with Crippen LogP contribution in [0, 0.1) is 0 Å². The van der Waals surface area contributed by atoms with E-state index < -0.39 is 10.1 Å². The first kappa shape index (κ1) is 9.87. The van der Waals surface area contributed by atoms with Gasteiger partial charge >= 0.3 is 0 Å². The highest BCUT2D eigenvalue weighted by Gasteiger charge is 2.01. The molecule has 0 atom stereocenters. The van der Waals surface area contributed by atoms with Crippen LogP contribution < -0.4 is 5.32 Å². The Morgan fingerprint density at radius 3 is 2.50 bits per heavy atom. The van der Waals surface area contributed by atoms with Crippen LogP contribution in [-0.2, 0) is 10.1 Å². The van der Waals surface area contributed by atoms with Crippen molar-refractivity contribution in [3.63, 3.8) is 0 Å². The summed E-state index contributed by atoms with van der Waals surface area (Å²) < 4.78 is 28.5. The summed E-state index contributed by atoms with van der Waals surface area (Å²) in [5, 5.41) is 2.95. The smallest absolute Gasteiger partial charge is 0.264 e. The van der Waals surface area contributed by atoms with Gasteiger partial charge in [-0.2, -0.15) is 8.42 Å². The van der Waals surface area contributed by atoms with E-state index in [-0.39, 0.29) is 5.75 Å². The highest BCUT2D eigenvalue weighted by Crippen LogP contribution is 1.85. The molecule has 0 heterocycles. The average Bonchev–Trinajstić information content (AvgIpc) is 1.78. The molecule has 62 valence electrons. The summed E-state index contributed by atoms with van der Waals surface area (Å²) in [6.07, 6.45) is 0.465. The monoisotopic (exact) mass is 167 g/mol. The van der Waals surface area contributed by atoms with Crippen LogP contribution in [0.2, 0.25) is 0 Å². The van der Waals surface area contributed by atoms with Gasteiger partial charge in [-0.3, -0.25) is 4.55 Å². The molecule has 0 saturated carbocycles. The third-order valence-electron chi connectivity index (χ3n) is 1.01. The molecule has 0 aromatic rings. The molecule has 0 aromatic heterocycles. The molecule has 0 spiro atoms. The van der Waals surface area contributed by atoms with Gasteiger partial charge in [0, 0.05) is 0 Å². The van der Waals surface area contributed by atoms with Crippen molar-refractivity contribution in [2.75, 3.05) is 18.8 Å². The maximum atomic E-state index is 10.1. The first-order valence-corrected chi connectivity index (χ1v) is 4.83. The minimum atomic E-state index is -3.74. The standard InChI is InChI=1S/C5H13NO3S/c1-2-6-4-3-5-10(7,8)9/h6H,2-5H2,1H3,(H,7,8,9). The second-order valence-electron chi connectivity index (χ2n) is 1.99. The second-order valence-corrected chi connectivity index (χ2v) is 3.57. The molecular formula is C5H13NO3S. The lowest BCUT2D eigenvalue weighted by molar-refractivity contribution is 0.480. The van der Waals surface area contributed by atoms with E-state index in [0.717, 1.165) is 6.54 Å². The molecule has 0 amide bonds. The van der Waals surface area contributed by atoms with Crippen LogP contribution in [0.15, 0.2) is 0 Å². The highest BCUT2D eigenvalue weighted by atomic mass is 32.2.